The third-order valence-corrected chi connectivity index (χ3v) is 4.06. The largest absolute Gasteiger partial charge is 0.313 e. The summed E-state index contributed by atoms with van der Waals surface area (Å²) in [7, 11) is 0. The average Bonchev–Trinajstić information content (AvgIpc) is 2.43. The average molecular weight is 293 g/mol. The lowest BCUT2D eigenvalue weighted by Gasteiger charge is -2.07. The molecule has 0 saturated carbocycles. The summed E-state index contributed by atoms with van der Waals surface area (Å²) < 4.78 is 0. The minimum atomic E-state index is 0.784. The van der Waals surface area contributed by atoms with Gasteiger partial charge < -0.3 is 5.32 Å². The first kappa shape index (κ1) is 14.4. The highest BCUT2D eigenvalue weighted by Crippen LogP contribution is 2.32. The Labute approximate surface area is 123 Å². The van der Waals surface area contributed by atoms with Crippen LogP contribution in [0.3, 0.4) is 0 Å². The normalized spacial score (nSPS) is 10.6. The van der Waals surface area contributed by atoms with Gasteiger partial charge in [0.1, 0.15) is 5.03 Å². The van der Waals surface area contributed by atoms with E-state index < -0.39 is 0 Å². The van der Waals surface area contributed by atoms with Crippen LogP contribution in [-0.4, -0.2) is 11.5 Å². The highest BCUT2D eigenvalue weighted by atomic mass is 35.5. The van der Waals surface area contributed by atoms with Crippen LogP contribution in [0.15, 0.2) is 52.5 Å². The van der Waals surface area contributed by atoms with Crippen LogP contribution in [0.4, 0.5) is 0 Å². The molecule has 100 valence electrons. The summed E-state index contributed by atoms with van der Waals surface area (Å²) in [6.07, 6.45) is 2.93. The second kappa shape index (κ2) is 7.53. The maximum atomic E-state index is 6.32. The predicted molar refractivity (Wildman–Crippen MR) is 81.8 cm³/mol. The van der Waals surface area contributed by atoms with Crippen LogP contribution < -0.4 is 5.32 Å². The van der Waals surface area contributed by atoms with Crippen molar-refractivity contribution in [2.24, 2.45) is 0 Å². The molecule has 0 spiro atoms. The third kappa shape index (κ3) is 4.53. The molecule has 1 aromatic heterocycles. The van der Waals surface area contributed by atoms with Crippen molar-refractivity contribution in [3.8, 4) is 0 Å². The molecule has 0 unspecified atom stereocenters. The molecule has 0 bridgehead atoms. The maximum Gasteiger partial charge on any atom is 0.101 e. The SMILES string of the molecule is CCCNCc1ccc(Sc2ccccn2)c(Cl)c1. The Morgan fingerprint density at radius 2 is 2.16 bits per heavy atom. The third-order valence-electron chi connectivity index (χ3n) is 2.60. The molecule has 0 radical (unpaired) electrons. The molecule has 0 aliphatic carbocycles. The van der Waals surface area contributed by atoms with Crippen LogP contribution in [0.25, 0.3) is 0 Å². The van der Waals surface area contributed by atoms with Gasteiger partial charge in [0.25, 0.3) is 0 Å². The molecular weight excluding hydrogens is 276 g/mol. The van der Waals surface area contributed by atoms with Crippen molar-refractivity contribution < 1.29 is 0 Å². The number of nitrogens with one attached hydrogen (secondary N) is 1. The Hall–Kier alpha value is -1.03. The minimum Gasteiger partial charge on any atom is -0.313 e. The lowest BCUT2D eigenvalue weighted by atomic mass is 10.2. The number of halogens is 1. The summed E-state index contributed by atoms with van der Waals surface area (Å²) in [5.74, 6) is 0. The number of aromatic nitrogens is 1. The van der Waals surface area contributed by atoms with E-state index in [4.69, 9.17) is 11.6 Å². The van der Waals surface area contributed by atoms with E-state index in [1.165, 1.54) is 5.56 Å². The second-order valence-electron chi connectivity index (χ2n) is 4.21. The van der Waals surface area contributed by atoms with Crippen molar-refractivity contribution in [2.75, 3.05) is 6.54 Å². The van der Waals surface area contributed by atoms with Gasteiger partial charge in [-0.25, -0.2) is 4.98 Å². The zero-order chi connectivity index (χ0) is 13.5. The van der Waals surface area contributed by atoms with Crippen LogP contribution in [0, 0.1) is 0 Å². The van der Waals surface area contributed by atoms with Crippen LogP contribution in [0.1, 0.15) is 18.9 Å². The summed E-state index contributed by atoms with van der Waals surface area (Å²) in [4.78, 5) is 5.33. The lowest BCUT2D eigenvalue weighted by Crippen LogP contribution is -2.13. The summed E-state index contributed by atoms with van der Waals surface area (Å²) in [6.45, 7) is 4.05. The van der Waals surface area contributed by atoms with E-state index in [1.807, 2.05) is 24.3 Å². The fourth-order valence-electron chi connectivity index (χ4n) is 1.67. The van der Waals surface area contributed by atoms with Gasteiger partial charge >= 0.3 is 0 Å². The number of benzene rings is 1. The zero-order valence-corrected chi connectivity index (χ0v) is 12.5. The Morgan fingerprint density at radius 1 is 1.26 bits per heavy atom. The molecule has 19 heavy (non-hydrogen) atoms. The van der Waals surface area contributed by atoms with E-state index in [0.717, 1.165) is 34.5 Å². The molecule has 2 nitrogen and oxygen atoms in total. The molecule has 2 aromatic rings. The van der Waals surface area contributed by atoms with Crippen molar-refractivity contribution in [3.05, 3.63) is 53.2 Å². The Balaban J connectivity index is 2.03. The van der Waals surface area contributed by atoms with Gasteiger partial charge in [0.05, 0.1) is 5.02 Å². The van der Waals surface area contributed by atoms with E-state index in [9.17, 15) is 0 Å². The van der Waals surface area contributed by atoms with Crippen molar-refractivity contribution in [1.82, 2.24) is 10.3 Å². The smallest absolute Gasteiger partial charge is 0.101 e. The van der Waals surface area contributed by atoms with E-state index in [1.54, 1.807) is 18.0 Å². The number of hydrogen-bond donors (Lipinski definition) is 1. The predicted octanol–water partition coefficient (Wildman–Crippen LogP) is 4.39. The van der Waals surface area contributed by atoms with Crippen LogP contribution in [0.2, 0.25) is 5.02 Å². The monoisotopic (exact) mass is 292 g/mol. The molecule has 0 atom stereocenters. The first-order chi connectivity index (χ1) is 9.29. The minimum absolute atomic E-state index is 0.784. The second-order valence-corrected chi connectivity index (χ2v) is 5.68. The van der Waals surface area contributed by atoms with Gasteiger partial charge in [-0.15, -0.1) is 0 Å². The van der Waals surface area contributed by atoms with Crippen LogP contribution in [0.5, 0.6) is 0 Å². The van der Waals surface area contributed by atoms with E-state index in [0.29, 0.717) is 0 Å². The standard InChI is InChI=1S/C15H17ClN2S/c1-2-8-17-11-12-6-7-14(13(16)10-12)19-15-5-3-4-9-18-15/h3-7,9-10,17H,2,8,11H2,1H3. The van der Waals surface area contributed by atoms with Crippen molar-refractivity contribution in [1.29, 1.82) is 0 Å². The topological polar surface area (TPSA) is 24.9 Å². The first-order valence-corrected chi connectivity index (χ1v) is 7.57. The quantitative estimate of drug-likeness (QED) is 0.800. The summed E-state index contributed by atoms with van der Waals surface area (Å²) in [5.41, 5.74) is 1.21. The molecule has 2 rings (SSSR count). The molecule has 4 heteroatoms. The number of pyridine rings is 1. The van der Waals surface area contributed by atoms with Gasteiger partial charge in [0.2, 0.25) is 0 Å². The fraction of sp³-hybridized carbons (Fsp3) is 0.267. The lowest BCUT2D eigenvalue weighted by molar-refractivity contribution is 0.675. The van der Waals surface area contributed by atoms with Gasteiger partial charge in [-0.3, -0.25) is 0 Å². The van der Waals surface area contributed by atoms with Crippen molar-refractivity contribution >= 4 is 23.4 Å². The molecule has 0 aliphatic heterocycles. The highest BCUT2D eigenvalue weighted by molar-refractivity contribution is 7.99. The van der Waals surface area contributed by atoms with E-state index in [-0.39, 0.29) is 0 Å². The van der Waals surface area contributed by atoms with Gasteiger partial charge in [-0.05, 0) is 42.8 Å². The van der Waals surface area contributed by atoms with Gasteiger partial charge in [-0.2, -0.15) is 0 Å². The van der Waals surface area contributed by atoms with E-state index in [2.05, 4.69) is 29.4 Å². The van der Waals surface area contributed by atoms with Gasteiger partial charge in [0, 0.05) is 17.6 Å². The molecule has 0 fully saturated rings. The number of rotatable bonds is 6. The maximum absolute atomic E-state index is 6.32. The summed E-state index contributed by atoms with van der Waals surface area (Å²) >= 11 is 7.90. The fourth-order valence-corrected chi connectivity index (χ4v) is 2.76. The summed E-state index contributed by atoms with van der Waals surface area (Å²) in [5, 5.41) is 5.11. The summed E-state index contributed by atoms with van der Waals surface area (Å²) in [6, 6.07) is 12.1. The number of nitrogens with zero attached hydrogens (tertiary/aromatic N) is 1. The number of hydrogen-bond acceptors (Lipinski definition) is 3. The van der Waals surface area contributed by atoms with Crippen LogP contribution in [-0.2, 0) is 6.54 Å². The molecular formula is C15H17ClN2S. The van der Waals surface area contributed by atoms with E-state index >= 15 is 0 Å². The van der Waals surface area contributed by atoms with Crippen LogP contribution >= 0.6 is 23.4 Å². The molecule has 1 heterocycles. The molecule has 0 saturated heterocycles. The van der Waals surface area contributed by atoms with Gasteiger partial charge in [0.15, 0.2) is 0 Å². The zero-order valence-electron chi connectivity index (χ0n) is 10.9. The molecule has 0 aliphatic rings. The Kier molecular flexibility index (Phi) is 5.70. The van der Waals surface area contributed by atoms with Gasteiger partial charge in [-0.1, -0.05) is 42.4 Å². The Bertz CT molecular complexity index is 517. The molecule has 1 aromatic carbocycles. The highest BCUT2D eigenvalue weighted by Gasteiger charge is 2.04. The Morgan fingerprint density at radius 3 is 2.84 bits per heavy atom. The van der Waals surface area contributed by atoms with Crippen molar-refractivity contribution in [2.45, 2.75) is 29.8 Å². The van der Waals surface area contributed by atoms with Crippen molar-refractivity contribution in [3.63, 3.8) is 0 Å². The first-order valence-electron chi connectivity index (χ1n) is 6.37. The molecule has 0 amide bonds. The molecule has 1 N–H and O–H groups in total.